The molecule has 1 rings (SSSR count). The van der Waals surface area contributed by atoms with Crippen LogP contribution < -0.4 is 5.19 Å². The van der Waals surface area contributed by atoms with Crippen LogP contribution in [-0.2, 0) is 0 Å². The zero-order chi connectivity index (χ0) is 20.6. The van der Waals surface area contributed by atoms with Gasteiger partial charge in [0.15, 0.2) is 0 Å². The second kappa shape index (κ2) is 16.0. The van der Waals surface area contributed by atoms with Gasteiger partial charge in [0.25, 0.3) is 0 Å². The molecule has 0 aromatic heterocycles. The van der Waals surface area contributed by atoms with Crippen molar-refractivity contribution >= 4 is 14.0 Å². The fourth-order valence-corrected chi connectivity index (χ4v) is 6.41. The number of nitrogens with zero attached hydrogens (tertiary/aromatic N) is 2. The lowest BCUT2D eigenvalue weighted by Gasteiger charge is -2.43. The Balaban J connectivity index is 3.26. The molecule has 0 fully saturated rings. The zero-order valence-corrected chi connectivity index (χ0v) is 20.1. The summed E-state index contributed by atoms with van der Waals surface area (Å²) in [6.45, 7) is 18.4. The van der Waals surface area contributed by atoms with Crippen LogP contribution >= 0.6 is 0 Å². The minimum Gasteiger partial charge on any atom is -0.290 e. The molecule has 0 saturated carbocycles. The summed E-state index contributed by atoms with van der Waals surface area (Å²) in [5.74, 6) is 0.515. The Hall–Kier alpha value is -0.903. The third kappa shape index (κ3) is 8.63. The lowest BCUT2D eigenvalue weighted by molar-refractivity contribution is 0.0892. The van der Waals surface area contributed by atoms with E-state index in [0.717, 1.165) is 0 Å². The second-order valence-electron chi connectivity index (χ2n) is 7.89. The molecule has 0 amide bonds. The minimum absolute atomic E-state index is 0.515. The van der Waals surface area contributed by atoms with E-state index in [9.17, 15) is 0 Å². The molecule has 0 saturated heterocycles. The fourth-order valence-electron chi connectivity index (χ4n) is 3.78. The summed E-state index contributed by atoms with van der Waals surface area (Å²) < 4.78 is 0. The molecule has 1 radical (unpaired) electrons. The topological polar surface area (TPSA) is 6.48 Å². The molecule has 1 aromatic rings. The monoisotopic (exact) mass is 401 g/mol. The van der Waals surface area contributed by atoms with Gasteiger partial charge in [0.1, 0.15) is 8.80 Å². The molecule has 0 aliphatic carbocycles. The van der Waals surface area contributed by atoms with E-state index in [0.29, 0.717) is 5.79 Å². The van der Waals surface area contributed by atoms with Crippen molar-refractivity contribution in [3.8, 4) is 0 Å². The summed E-state index contributed by atoms with van der Waals surface area (Å²) in [6.07, 6.45) is 10.2. The molecular formula is C25H45N2Si. The van der Waals surface area contributed by atoms with Crippen molar-refractivity contribution in [1.82, 2.24) is 9.80 Å². The Bertz CT molecular complexity index is 455. The van der Waals surface area contributed by atoms with Crippen LogP contribution in [0.2, 0.25) is 0 Å². The van der Waals surface area contributed by atoms with Crippen molar-refractivity contribution < 1.29 is 0 Å². The van der Waals surface area contributed by atoms with Crippen molar-refractivity contribution in [3.05, 3.63) is 42.6 Å². The van der Waals surface area contributed by atoms with E-state index in [-0.39, 0.29) is 0 Å². The number of benzene rings is 1. The first kappa shape index (κ1) is 25.1. The fraction of sp³-hybridized carbons (Fsp3) is 0.680. The van der Waals surface area contributed by atoms with Crippen molar-refractivity contribution in [3.63, 3.8) is 0 Å². The van der Waals surface area contributed by atoms with Crippen LogP contribution in [0.15, 0.2) is 42.6 Å². The standard InChI is InChI=1S/C25H45N2Si/c1-6-11-20-26(21-12-7-2)25(27(22-13-8-3)23-14-9-4)28(10-5)24-18-16-15-17-19-24/h10,15-19,25H,5-9,11-14,20-23H2,1-4H3. The predicted octanol–water partition coefficient (Wildman–Crippen LogP) is 5.78. The quantitative estimate of drug-likeness (QED) is 0.241. The van der Waals surface area contributed by atoms with Gasteiger partial charge in [-0.3, -0.25) is 9.80 Å². The molecule has 0 unspecified atom stereocenters. The molecule has 0 bridgehead atoms. The highest BCUT2D eigenvalue weighted by Gasteiger charge is 2.32. The maximum absolute atomic E-state index is 4.34. The smallest absolute Gasteiger partial charge is 0.149 e. The molecule has 0 atom stereocenters. The van der Waals surface area contributed by atoms with Gasteiger partial charge in [-0.05, 0) is 51.9 Å². The lowest BCUT2D eigenvalue weighted by atomic mass is 10.2. The largest absolute Gasteiger partial charge is 0.290 e. The minimum atomic E-state index is -0.902. The summed E-state index contributed by atoms with van der Waals surface area (Å²) in [7, 11) is -0.902. The van der Waals surface area contributed by atoms with Gasteiger partial charge in [-0.1, -0.05) is 94.6 Å². The molecule has 0 N–H and O–H groups in total. The second-order valence-corrected chi connectivity index (χ2v) is 10.3. The van der Waals surface area contributed by atoms with Gasteiger partial charge in [0, 0.05) is 0 Å². The van der Waals surface area contributed by atoms with E-state index >= 15 is 0 Å². The van der Waals surface area contributed by atoms with Crippen LogP contribution in [0.4, 0.5) is 0 Å². The first-order valence-corrected chi connectivity index (χ1v) is 13.4. The van der Waals surface area contributed by atoms with E-state index < -0.39 is 8.80 Å². The lowest BCUT2D eigenvalue weighted by Crippen LogP contribution is -2.61. The number of rotatable bonds is 17. The van der Waals surface area contributed by atoms with E-state index in [1.807, 2.05) is 0 Å². The normalized spacial score (nSPS) is 11.9. The van der Waals surface area contributed by atoms with Gasteiger partial charge in [-0.15, -0.1) is 6.58 Å². The van der Waals surface area contributed by atoms with Crippen molar-refractivity contribution in [2.75, 3.05) is 26.2 Å². The molecule has 3 heteroatoms. The maximum atomic E-state index is 4.34. The van der Waals surface area contributed by atoms with E-state index in [2.05, 4.69) is 80.1 Å². The summed E-state index contributed by atoms with van der Waals surface area (Å²) in [4.78, 5) is 5.64. The summed E-state index contributed by atoms with van der Waals surface area (Å²) in [6, 6.07) is 11.2. The van der Waals surface area contributed by atoms with Gasteiger partial charge in [-0.25, -0.2) is 0 Å². The SMILES string of the molecule is C=C[Si](c1ccccc1)C(N(CCCC)CCCC)N(CCCC)CCCC. The van der Waals surface area contributed by atoms with Gasteiger partial charge in [-0.2, -0.15) is 0 Å². The third-order valence-corrected chi connectivity index (χ3v) is 8.22. The van der Waals surface area contributed by atoms with Crippen LogP contribution in [0.3, 0.4) is 0 Å². The Morgan fingerprint density at radius 2 is 1.14 bits per heavy atom. The molecule has 1 aromatic carbocycles. The third-order valence-electron chi connectivity index (χ3n) is 5.49. The average molecular weight is 402 g/mol. The van der Waals surface area contributed by atoms with Gasteiger partial charge < -0.3 is 0 Å². The van der Waals surface area contributed by atoms with Crippen LogP contribution in [0, 0.1) is 0 Å². The Morgan fingerprint density at radius 1 is 0.750 bits per heavy atom. The molecule has 0 heterocycles. The highest BCUT2D eigenvalue weighted by atomic mass is 28.3. The summed E-state index contributed by atoms with van der Waals surface area (Å²) in [5.41, 5.74) is 2.31. The first-order chi connectivity index (χ1) is 13.7. The van der Waals surface area contributed by atoms with Gasteiger partial charge in [0.05, 0.1) is 5.79 Å². The van der Waals surface area contributed by atoms with Crippen molar-refractivity contribution in [1.29, 1.82) is 0 Å². The predicted molar refractivity (Wildman–Crippen MR) is 129 cm³/mol. The molecular weight excluding hydrogens is 356 g/mol. The molecule has 0 aliphatic heterocycles. The van der Waals surface area contributed by atoms with Gasteiger partial charge in [0.2, 0.25) is 0 Å². The molecule has 2 nitrogen and oxygen atoms in total. The molecule has 0 spiro atoms. The van der Waals surface area contributed by atoms with Crippen LogP contribution in [0.5, 0.6) is 0 Å². The molecule has 28 heavy (non-hydrogen) atoms. The summed E-state index contributed by atoms with van der Waals surface area (Å²) in [5, 5.41) is 1.50. The van der Waals surface area contributed by atoms with Crippen LogP contribution in [-0.4, -0.2) is 50.6 Å². The van der Waals surface area contributed by atoms with E-state index in [1.165, 1.54) is 82.7 Å². The van der Waals surface area contributed by atoms with E-state index in [4.69, 9.17) is 0 Å². The van der Waals surface area contributed by atoms with Crippen molar-refractivity contribution in [2.45, 2.75) is 84.9 Å². The Morgan fingerprint density at radius 3 is 1.46 bits per heavy atom. The first-order valence-electron chi connectivity index (χ1n) is 11.8. The van der Waals surface area contributed by atoms with Crippen molar-refractivity contribution in [2.24, 2.45) is 0 Å². The molecule has 0 aliphatic rings. The Kier molecular flexibility index (Phi) is 14.3. The zero-order valence-electron chi connectivity index (χ0n) is 19.1. The number of hydrogen-bond acceptors (Lipinski definition) is 2. The highest BCUT2D eigenvalue weighted by Crippen LogP contribution is 2.16. The summed E-state index contributed by atoms with van der Waals surface area (Å²) >= 11 is 0. The highest BCUT2D eigenvalue weighted by molar-refractivity contribution is 6.78. The van der Waals surface area contributed by atoms with Crippen LogP contribution in [0.25, 0.3) is 0 Å². The number of unbranched alkanes of at least 4 members (excludes halogenated alkanes) is 4. The Labute approximate surface area is 177 Å². The van der Waals surface area contributed by atoms with Crippen LogP contribution in [0.1, 0.15) is 79.1 Å². The number of hydrogen-bond donors (Lipinski definition) is 0. The van der Waals surface area contributed by atoms with Gasteiger partial charge >= 0.3 is 0 Å². The average Bonchev–Trinajstić information content (AvgIpc) is 2.74. The van der Waals surface area contributed by atoms with E-state index in [1.54, 1.807) is 0 Å². The molecule has 159 valence electrons. The maximum Gasteiger partial charge on any atom is 0.149 e.